The normalized spacial score (nSPS) is 26.5. The molecule has 108 valence electrons. The van der Waals surface area contributed by atoms with Gasteiger partial charge in [0.1, 0.15) is 0 Å². The molecule has 0 aromatic carbocycles. The van der Waals surface area contributed by atoms with Crippen LogP contribution in [0.1, 0.15) is 46.0 Å². The standard InChI is InChI=1S/C13H25F3N2/c1-3-11-10-18(12(4-2)9-17-11)8-6-5-7-13(14,15)16/h11-12,17H,3-10H2,1-2H3. The van der Waals surface area contributed by atoms with Gasteiger partial charge in [-0.05, 0) is 32.2 Å². The lowest BCUT2D eigenvalue weighted by molar-refractivity contribution is -0.135. The van der Waals surface area contributed by atoms with Crippen molar-refractivity contribution in [2.24, 2.45) is 0 Å². The van der Waals surface area contributed by atoms with Crippen molar-refractivity contribution in [3.05, 3.63) is 0 Å². The maximum atomic E-state index is 12.1. The molecule has 0 aliphatic carbocycles. The maximum Gasteiger partial charge on any atom is 0.389 e. The van der Waals surface area contributed by atoms with Gasteiger partial charge < -0.3 is 5.32 Å². The zero-order valence-corrected chi connectivity index (χ0v) is 11.4. The Bertz CT molecular complexity index is 231. The monoisotopic (exact) mass is 266 g/mol. The molecule has 1 aliphatic rings. The highest BCUT2D eigenvalue weighted by atomic mass is 19.4. The van der Waals surface area contributed by atoms with Crippen molar-refractivity contribution < 1.29 is 13.2 Å². The van der Waals surface area contributed by atoms with E-state index in [-0.39, 0.29) is 6.42 Å². The van der Waals surface area contributed by atoms with Crippen LogP contribution in [0.4, 0.5) is 13.2 Å². The van der Waals surface area contributed by atoms with Crippen molar-refractivity contribution >= 4 is 0 Å². The van der Waals surface area contributed by atoms with E-state index in [2.05, 4.69) is 24.1 Å². The summed E-state index contributed by atoms with van der Waals surface area (Å²) in [5, 5.41) is 3.49. The second-order valence-electron chi connectivity index (χ2n) is 5.14. The number of alkyl halides is 3. The second-order valence-corrected chi connectivity index (χ2v) is 5.14. The van der Waals surface area contributed by atoms with Crippen molar-refractivity contribution in [3.63, 3.8) is 0 Å². The van der Waals surface area contributed by atoms with Crippen LogP contribution in [0.25, 0.3) is 0 Å². The average Bonchev–Trinajstić information content (AvgIpc) is 2.33. The van der Waals surface area contributed by atoms with Gasteiger partial charge in [0, 0.05) is 31.6 Å². The van der Waals surface area contributed by atoms with Gasteiger partial charge in [0.2, 0.25) is 0 Å². The molecular weight excluding hydrogens is 241 g/mol. The Morgan fingerprint density at radius 1 is 1.17 bits per heavy atom. The molecule has 2 nitrogen and oxygen atoms in total. The van der Waals surface area contributed by atoms with Crippen LogP contribution in [-0.2, 0) is 0 Å². The molecule has 1 aliphatic heterocycles. The summed E-state index contributed by atoms with van der Waals surface area (Å²) in [6.45, 7) is 7.02. The van der Waals surface area contributed by atoms with E-state index in [4.69, 9.17) is 0 Å². The number of halogens is 3. The number of nitrogens with zero attached hydrogens (tertiary/aromatic N) is 1. The van der Waals surface area contributed by atoms with Crippen molar-refractivity contribution in [1.82, 2.24) is 10.2 Å². The van der Waals surface area contributed by atoms with Crippen LogP contribution < -0.4 is 5.32 Å². The molecule has 2 unspecified atom stereocenters. The fraction of sp³-hybridized carbons (Fsp3) is 1.00. The molecule has 0 aromatic heterocycles. The molecule has 1 rings (SSSR count). The van der Waals surface area contributed by atoms with Crippen molar-refractivity contribution in [2.45, 2.75) is 64.2 Å². The number of unbranched alkanes of at least 4 members (excludes halogenated alkanes) is 1. The topological polar surface area (TPSA) is 15.3 Å². The Balaban J connectivity index is 2.28. The van der Waals surface area contributed by atoms with Gasteiger partial charge in [0.15, 0.2) is 0 Å². The van der Waals surface area contributed by atoms with E-state index in [1.807, 2.05) is 0 Å². The summed E-state index contributed by atoms with van der Waals surface area (Å²) >= 11 is 0. The van der Waals surface area contributed by atoms with Crippen LogP contribution in [0.2, 0.25) is 0 Å². The molecule has 0 aromatic rings. The molecule has 0 amide bonds. The number of piperazine rings is 1. The Hall–Kier alpha value is -0.290. The molecule has 1 N–H and O–H groups in total. The lowest BCUT2D eigenvalue weighted by atomic mass is 10.0. The first-order valence-corrected chi connectivity index (χ1v) is 7.00. The number of rotatable bonds is 6. The first-order chi connectivity index (χ1) is 8.46. The lowest BCUT2D eigenvalue weighted by Gasteiger charge is -2.40. The summed E-state index contributed by atoms with van der Waals surface area (Å²) in [5.41, 5.74) is 0. The van der Waals surface area contributed by atoms with Gasteiger partial charge in [0.25, 0.3) is 0 Å². The Morgan fingerprint density at radius 2 is 1.89 bits per heavy atom. The highest BCUT2D eigenvalue weighted by molar-refractivity contribution is 4.84. The van der Waals surface area contributed by atoms with Gasteiger partial charge in [-0.15, -0.1) is 0 Å². The van der Waals surface area contributed by atoms with Crippen LogP contribution in [0, 0.1) is 0 Å². The fourth-order valence-corrected chi connectivity index (χ4v) is 2.52. The zero-order chi connectivity index (χ0) is 13.6. The summed E-state index contributed by atoms with van der Waals surface area (Å²) < 4.78 is 36.2. The van der Waals surface area contributed by atoms with E-state index >= 15 is 0 Å². The molecule has 0 radical (unpaired) electrons. The summed E-state index contributed by atoms with van der Waals surface area (Å²) in [6, 6.07) is 0.981. The molecule has 1 heterocycles. The molecule has 1 fully saturated rings. The molecule has 0 spiro atoms. The van der Waals surface area contributed by atoms with Gasteiger partial charge in [-0.25, -0.2) is 0 Å². The summed E-state index contributed by atoms with van der Waals surface area (Å²) in [6.07, 6.45) is -1.61. The van der Waals surface area contributed by atoms with Gasteiger partial charge in [0.05, 0.1) is 0 Å². The molecule has 18 heavy (non-hydrogen) atoms. The quantitative estimate of drug-likeness (QED) is 0.743. The minimum absolute atomic E-state index is 0.251. The Morgan fingerprint density at radius 3 is 2.44 bits per heavy atom. The van der Waals surface area contributed by atoms with Gasteiger partial charge in [-0.2, -0.15) is 13.2 Å². The minimum atomic E-state index is -4.00. The van der Waals surface area contributed by atoms with Crippen LogP contribution >= 0.6 is 0 Å². The van der Waals surface area contributed by atoms with E-state index in [9.17, 15) is 13.2 Å². The fourth-order valence-electron chi connectivity index (χ4n) is 2.52. The third-order valence-electron chi connectivity index (χ3n) is 3.73. The smallest absolute Gasteiger partial charge is 0.311 e. The summed E-state index contributed by atoms with van der Waals surface area (Å²) in [5.74, 6) is 0. The predicted octanol–water partition coefficient (Wildman–Crippen LogP) is 3.18. The molecule has 5 heteroatoms. The first-order valence-electron chi connectivity index (χ1n) is 7.00. The summed E-state index contributed by atoms with van der Waals surface area (Å²) in [7, 11) is 0. The predicted molar refractivity (Wildman–Crippen MR) is 67.6 cm³/mol. The van der Waals surface area contributed by atoms with Crippen molar-refractivity contribution in [2.75, 3.05) is 19.6 Å². The number of nitrogens with one attached hydrogen (secondary N) is 1. The lowest BCUT2D eigenvalue weighted by Crippen LogP contribution is -2.56. The van der Waals surface area contributed by atoms with E-state index in [0.717, 1.165) is 32.5 Å². The third kappa shape index (κ3) is 5.57. The second kappa shape index (κ2) is 7.34. The van der Waals surface area contributed by atoms with E-state index in [1.54, 1.807) is 0 Å². The van der Waals surface area contributed by atoms with Crippen LogP contribution in [0.3, 0.4) is 0 Å². The zero-order valence-electron chi connectivity index (χ0n) is 11.4. The molecular formula is C13H25F3N2. The SMILES string of the molecule is CCC1CN(CCCCC(F)(F)F)C(CC)CN1. The van der Waals surface area contributed by atoms with Gasteiger partial charge >= 0.3 is 6.18 Å². The molecule has 0 saturated carbocycles. The van der Waals surface area contributed by atoms with Gasteiger partial charge in [-0.3, -0.25) is 4.90 Å². The molecule has 1 saturated heterocycles. The largest absolute Gasteiger partial charge is 0.389 e. The van der Waals surface area contributed by atoms with E-state index in [0.29, 0.717) is 18.5 Å². The Labute approximate surface area is 108 Å². The Kier molecular flexibility index (Phi) is 6.43. The van der Waals surface area contributed by atoms with E-state index in [1.165, 1.54) is 0 Å². The van der Waals surface area contributed by atoms with Crippen LogP contribution in [-0.4, -0.2) is 42.8 Å². The highest BCUT2D eigenvalue weighted by Gasteiger charge is 2.28. The average molecular weight is 266 g/mol. The minimum Gasteiger partial charge on any atom is -0.311 e. The first kappa shape index (κ1) is 15.8. The van der Waals surface area contributed by atoms with Crippen molar-refractivity contribution in [1.29, 1.82) is 0 Å². The third-order valence-corrected chi connectivity index (χ3v) is 3.73. The summed E-state index contributed by atoms with van der Waals surface area (Å²) in [4.78, 5) is 2.36. The maximum absolute atomic E-state index is 12.1. The van der Waals surface area contributed by atoms with E-state index < -0.39 is 12.6 Å². The molecule has 0 bridgehead atoms. The molecule has 2 atom stereocenters. The van der Waals surface area contributed by atoms with Crippen LogP contribution in [0.5, 0.6) is 0 Å². The van der Waals surface area contributed by atoms with Crippen molar-refractivity contribution in [3.8, 4) is 0 Å². The highest BCUT2D eigenvalue weighted by Crippen LogP contribution is 2.22. The van der Waals surface area contributed by atoms with Gasteiger partial charge in [-0.1, -0.05) is 13.8 Å². The number of hydrogen-bond acceptors (Lipinski definition) is 2. The number of hydrogen-bond donors (Lipinski definition) is 1. The van der Waals surface area contributed by atoms with Crippen LogP contribution in [0.15, 0.2) is 0 Å².